The number of amides is 1. The molecule has 3 rings (SSSR count). The lowest BCUT2D eigenvalue weighted by molar-refractivity contribution is -0.113. The number of thioether (sulfide) groups is 1. The van der Waals surface area contributed by atoms with Crippen molar-refractivity contribution in [2.24, 2.45) is 0 Å². The number of methoxy groups -OCH3 is 2. The van der Waals surface area contributed by atoms with Crippen molar-refractivity contribution >= 4 is 46.9 Å². The van der Waals surface area contributed by atoms with Crippen LogP contribution >= 0.6 is 35.3 Å². The lowest BCUT2D eigenvalue weighted by Crippen LogP contribution is -2.14. The predicted molar refractivity (Wildman–Crippen MR) is 111 cm³/mol. The van der Waals surface area contributed by atoms with Crippen LogP contribution in [0.25, 0.3) is 5.69 Å². The summed E-state index contributed by atoms with van der Waals surface area (Å²) in [7, 11) is 3.13. The van der Waals surface area contributed by atoms with Crippen molar-refractivity contribution in [1.82, 2.24) is 9.78 Å². The highest BCUT2D eigenvalue weighted by molar-refractivity contribution is 8.01. The van der Waals surface area contributed by atoms with Crippen LogP contribution in [-0.4, -0.2) is 35.7 Å². The highest BCUT2D eigenvalue weighted by Crippen LogP contribution is 2.27. The van der Waals surface area contributed by atoms with Crippen molar-refractivity contribution in [1.29, 1.82) is 0 Å². The summed E-state index contributed by atoms with van der Waals surface area (Å²) in [5.41, 5.74) is 1.51. The second kappa shape index (κ2) is 9.03. The molecule has 0 unspecified atom stereocenters. The molecule has 0 aliphatic heterocycles. The quantitative estimate of drug-likeness (QED) is 0.452. The van der Waals surface area contributed by atoms with Gasteiger partial charge in [0.2, 0.25) is 5.91 Å². The van der Waals surface area contributed by atoms with Gasteiger partial charge in [0, 0.05) is 23.9 Å². The van der Waals surface area contributed by atoms with E-state index < -0.39 is 0 Å². The van der Waals surface area contributed by atoms with Crippen molar-refractivity contribution in [3.05, 3.63) is 52.5 Å². The van der Waals surface area contributed by atoms with Gasteiger partial charge in [-0.3, -0.25) is 4.79 Å². The minimum atomic E-state index is -0.150. The molecule has 6 nitrogen and oxygen atoms in total. The number of anilines is 1. The number of aromatic nitrogens is 2. The third-order valence-electron chi connectivity index (χ3n) is 3.49. The van der Waals surface area contributed by atoms with Crippen LogP contribution in [0.1, 0.15) is 0 Å². The summed E-state index contributed by atoms with van der Waals surface area (Å²) >= 11 is 8.09. The number of hydrogen-bond acceptors (Lipinski definition) is 7. The van der Waals surface area contributed by atoms with E-state index in [1.54, 1.807) is 37.1 Å². The minimum absolute atomic E-state index is 0.150. The Balaban J connectivity index is 1.64. The second-order valence-electron chi connectivity index (χ2n) is 5.32. The van der Waals surface area contributed by atoms with Crippen molar-refractivity contribution in [2.45, 2.75) is 4.34 Å². The Hall–Kier alpha value is -2.36. The molecular formula is C18H17N3O3S3. The maximum atomic E-state index is 12.3. The van der Waals surface area contributed by atoms with Gasteiger partial charge in [-0.1, -0.05) is 41.3 Å². The Morgan fingerprint density at radius 2 is 1.85 bits per heavy atom. The number of carbonyl (C=O) groups is 1. The fraction of sp³-hybridized carbons (Fsp3) is 0.167. The number of nitrogens with zero attached hydrogens (tertiary/aromatic N) is 2. The molecule has 1 amide bonds. The number of carbonyl (C=O) groups excluding carboxylic acids is 1. The molecule has 27 heavy (non-hydrogen) atoms. The highest BCUT2D eigenvalue weighted by atomic mass is 32.2. The van der Waals surface area contributed by atoms with Gasteiger partial charge < -0.3 is 14.8 Å². The van der Waals surface area contributed by atoms with E-state index in [9.17, 15) is 4.79 Å². The molecule has 3 aromatic rings. The molecule has 0 aliphatic rings. The van der Waals surface area contributed by atoms with Crippen LogP contribution in [0.4, 0.5) is 5.69 Å². The van der Waals surface area contributed by atoms with E-state index in [1.807, 2.05) is 30.3 Å². The molecule has 0 atom stereocenters. The molecule has 0 fully saturated rings. The van der Waals surface area contributed by atoms with Gasteiger partial charge in [-0.2, -0.15) is 0 Å². The summed E-state index contributed by atoms with van der Waals surface area (Å²) < 4.78 is 13.5. The SMILES string of the molecule is COc1cc(NC(=O)CSc2nn(-c3ccccc3)c(=S)s2)cc(OC)c1. The van der Waals surface area contributed by atoms with Gasteiger partial charge in [0.05, 0.1) is 25.7 Å². The van der Waals surface area contributed by atoms with Crippen LogP contribution in [0.3, 0.4) is 0 Å². The Labute approximate surface area is 170 Å². The molecule has 0 spiro atoms. The number of ether oxygens (including phenoxy) is 2. The summed E-state index contributed by atoms with van der Waals surface area (Å²) in [6.45, 7) is 0. The zero-order valence-corrected chi connectivity index (χ0v) is 17.1. The van der Waals surface area contributed by atoms with E-state index in [0.717, 1.165) is 10.0 Å². The molecule has 1 heterocycles. The molecule has 0 saturated carbocycles. The van der Waals surface area contributed by atoms with E-state index in [2.05, 4.69) is 10.4 Å². The Kier molecular flexibility index (Phi) is 6.49. The molecule has 0 aliphatic carbocycles. The van der Waals surface area contributed by atoms with Gasteiger partial charge >= 0.3 is 0 Å². The summed E-state index contributed by atoms with van der Waals surface area (Å²) in [6, 6.07) is 14.9. The van der Waals surface area contributed by atoms with E-state index >= 15 is 0 Å². The van der Waals surface area contributed by atoms with Gasteiger partial charge in [0.1, 0.15) is 11.5 Å². The number of para-hydroxylation sites is 1. The first-order valence-corrected chi connectivity index (χ1v) is 10.1. The van der Waals surface area contributed by atoms with Crippen molar-refractivity contribution < 1.29 is 14.3 Å². The van der Waals surface area contributed by atoms with E-state index in [-0.39, 0.29) is 11.7 Å². The fourth-order valence-corrected chi connectivity index (χ4v) is 4.42. The lowest BCUT2D eigenvalue weighted by atomic mass is 10.2. The average molecular weight is 420 g/mol. The second-order valence-corrected chi connectivity index (χ2v) is 8.16. The van der Waals surface area contributed by atoms with Crippen LogP contribution in [0.2, 0.25) is 0 Å². The third-order valence-corrected chi connectivity index (χ3v) is 5.86. The van der Waals surface area contributed by atoms with Crippen molar-refractivity contribution in [2.75, 3.05) is 25.3 Å². The van der Waals surface area contributed by atoms with Crippen molar-refractivity contribution in [3.63, 3.8) is 0 Å². The fourth-order valence-electron chi connectivity index (χ4n) is 2.26. The molecular weight excluding hydrogens is 402 g/mol. The Morgan fingerprint density at radius 1 is 1.19 bits per heavy atom. The van der Waals surface area contributed by atoms with E-state index in [4.69, 9.17) is 21.7 Å². The van der Waals surface area contributed by atoms with Gasteiger partial charge in [0.15, 0.2) is 8.29 Å². The molecule has 0 bridgehead atoms. The summed E-state index contributed by atoms with van der Waals surface area (Å²) in [5, 5.41) is 7.33. The zero-order chi connectivity index (χ0) is 19.2. The minimum Gasteiger partial charge on any atom is -0.497 e. The molecule has 0 radical (unpaired) electrons. The first kappa shape index (κ1) is 19.4. The van der Waals surface area contributed by atoms with Gasteiger partial charge in [0.25, 0.3) is 0 Å². The lowest BCUT2D eigenvalue weighted by Gasteiger charge is -2.09. The number of hydrogen-bond donors (Lipinski definition) is 1. The van der Waals surface area contributed by atoms with Gasteiger partial charge in [-0.25, -0.2) is 4.68 Å². The first-order chi connectivity index (χ1) is 13.1. The third kappa shape index (κ3) is 5.09. The summed E-state index contributed by atoms with van der Waals surface area (Å²) in [4.78, 5) is 12.3. The standard InChI is InChI=1S/C18H17N3O3S3/c1-23-14-8-12(9-15(10-14)24-2)19-16(22)11-26-17-20-21(18(25)27-17)13-6-4-3-5-7-13/h3-10H,11H2,1-2H3,(H,19,22). The van der Waals surface area contributed by atoms with Crippen LogP contribution in [-0.2, 0) is 4.79 Å². The largest absolute Gasteiger partial charge is 0.497 e. The maximum Gasteiger partial charge on any atom is 0.234 e. The molecule has 1 aromatic heterocycles. The monoisotopic (exact) mass is 419 g/mol. The van der Waals surface area contributed by atoms with E-state index in [0.29, 0.717) is 21.1 Å². The highest BCUT2D eigenvalue weighted by Gasteiger charge is 2.10. The smallest absolute Gasteiger partial charge is 0.234 e. The van der Waals surface area contributed by atoms with Crippen LogP contribution < -0.4 is 14.8 Å². The first-order valence-electron chi connectivity index (χ1n) is 7.90. The van der Waals surface area contributed by atoms with Crippen LogP contribution in [0, 0.1) is 3.95 Å². The molecule has 2 aromatic carbocycles. The topological polar surface area (TPSA) is 65.4 Å². The summed E-state index contributed by atoms with van der Waals surface area (Å²) in [5.74, 6) is 1.29. The molecule has 0 saturated heterocycles. The average Bonchev–Trinajstić information content (AvgIpc) is 3.07. The molecule has 9 heteroatoms. The van der Waals surface area contributed by atoms with Crippen LogP contribution in [0.5, 0.6) is 11.5 Å². The number of nitrogens with one attached hydrogen (secondary N) is 1. The Morgan fingerprint density at radius 3 is 2.48 bits per heavy atom. The predicted octanol–water partition coefficient (Wildman–Crippen LogP) is 4.41. The zero-order valence-electron chi connectivity index (χ0n) is 14.7. The van der Waals surface area contributed by atoms with Crippen LogP contribution in [0.15, 0.2) is 52.9 Å². The molecule has 1 N–H and O–H groups in total. The number of rotatable bonds is 7. The normalized spacial score (nSPS) is 10.4. The van der Waals surface area contributed by atoms with Gasteiger partial charge in [-0.05, 0) is 24.4 Å². The maximum absolute atomic E-state index is 12.3. The Bertz CT molecular complexity index is 964. The molecule has 140 valence electrons. The van der Waals surface area contributed by atoms with Crippen molar-refractivity contribution in [3.8, 4) is 17.2 Å². The van der Waals surface area contributed by atoms with Gasteiger partial charge in [-0.15, -0.1) is 5.10 Å². The summed E-state index contributed by atoms with van der Waals surface area (Å²) in [6.07, 6.45) is 0. The van der Waals surface area contributed by atoms with E-state index in [1.165, 1.54) is 23.1 Å². The number of benzene rings is 2.